The predicted molar refractivity (Wildman–Crippen MR) is 119 cm³/mol. The zero-order valence-electron chi connectivity index (χ0n) is 17.8. The molecule has 2 heterocycles. The number of piperazine rings is 1. The molecule has 2 fully saturated rings. The Morgan fingerprint density at radius 2 is 1.68 bits per heavy atom. The van der Waals surface area contributed by atoms with Gasteiger partial charge in [0.2, 0.25) is 0 Å². The van der Waals surface area contributed by atoms with Crippen LogP contribution in [0.4, 0.5) is 10.5 Å². The van der Waals surface area contributed by atoms with Crippen molar-refractivity contribution in [1.82, 2.24) is 14.8 Å². The molecule has 0 radical (unpaired) electrons. The van der Waals surface area contributed by atoms with E-state index >= 15 is 0 Å². The molecule has 1 aliphatic carbocycles. The average Bonchev–Trinajstić information content (AvgIpc) is 2.84. The van der Waals surface area contributed by atoms with Gasteiger partial charge < -0.3 is 19.9 Å². The Labute approximate surface area is 183 Å². The van der Waals surface area contributed by atoms with E-state index in [1.54, 1.807) is 34.3 Å². The third-order valence-corrected chi connectivity index (χ3v) is 6.08. The SMILES string of the molecule is O=C(Nc1cccnc1)N1CCN(C(=O)c2ccc(OCC3CCCCC3)cc2)CC1. The Bertz CT molecular complexity index is 858. The lowest BCUT2D eigenvalue weighted by Gasteiger charge is -2.34. The molecule has 0 unspecified atom stereocenters. The molecule has 164 valence electrons. The number of benzene rings is 1. The molecule has 7 nitrogen and oxygen atoms in total. The molecule has 7 heteroatoms. The Morgan fingerprint density at radius 3 is 2.35 bits per heavy atom. The van der Waals surface area contributed by atoms with Gasteiger partial charge in [0.15, 0.2) is 0 Å². The lowest BCUT2D eigenvalue weighted by molar-refractivity contribution is 0.0671. The number of pyridine rings is 1. The first-order valence-corrected chi connectivity index (χ1v) is 11.2. The Hall–Kier alpha value is -3.09. The van der Waals surface area contributed by atoms with Gasteiger partial charge in [0, 0.05) is 37.9 Å². The quantitative estimate of drug-likeness (QED) is 0.789. The largest absolute Gasteiger partial charge is 0.493 e. The van der Waals surface area contributed by atoms with E-state index in [9.17, 15) is 9.59 Å². The predicted octanol–water partition coefficient (Wildman–Crippen LogP) is 4.03. The van der Waals surface area contributed by atoms with Gasteiger partial charge in [0.05, 0.1) is 18.5 Å². The maximum atomic E-state index is 12.8. The number of aromatic nitrogens is 1. The van der Waals surface area contributed by atoms with E-state index in [-0.39, 0.29) is 11.9 Å². The lowest BCUT2D eigenvalue weighted by Crippen LogP contribution is -2.51. The molecule has 2 aliphatic rings. The van der Waals surface area contributed by atoms with E-state index < -0.39 is 0 Å². The van der Waals surface area contributed by atoms with Crippen LogP contribution in [-0.2, 0) is 0 Å². The smallest absolute Gasteiger partial charge is 0.322 e. The third kappa shape index (κ3) is 5.75. The van der Waals surface area contributed by atoms with E-state index in [0.717, 1.165) is 12.4 Å². The van der Waals surface area contributed by atoms with Crippen molar-refractivity contribution in [1.29, 1.82) is 0 Å². The molecule has 2 aromatic rings. The van der Waals surface area contributed by atoms with E-state index in [1.165, 1.54) is 32.1 Å². The van der Waals surface area contributed by atoms with Crippen molar-refractivity contribution in [3.63, 3.8) is 0 Å². The summed E-state index contributed by atoms with van der Waals surface area (Å²) in [6, 6.07) is 10.8. The van der Waals surface area contributed by atoms with Crippen LogP contribution in [0.15, 0.2) is 48.8 Å². The maximum absolute atomic E-state index is 12.8. The minimum absolute atomic E-state index is 0.00820. The van der Waals surface area contributed by atoms with Gasteiger partial charge in [-0.3, -0.25) is 9.78 Å². The number of urea groups is 1. The first-order chi connectivity index (χ1) is 15.2. The summed E-state index contributed by atoms with van der Waals surface area (Å²) < 4.78 is 5.93. The number of nitrogens with one attached hydrogen (secondary N) is 1. The number of carbonyl (C=O) groups is 2. The highest BCUT2D eigenvalue weighted by molar-refractivity contribution is 5.94. The molecule has 1 saturated carbocycles. The van der Waals surface area contributed by atoms with Gasteiger partial charge in [0.1, 0.15) is 5.75 Å². The summed E-state index contributed by atoms with van der Waals surface area (Å²) in [7, 11) is 0. The van der Waals surface area contributed by atoms with Gasteiger partial charge in [-0.15, -0.1) is 0 Å². The van der Waals surface area contributed by atoms with Gasteiger partial charge in [-0.2, -0.15) is 0 Å². The van der Waals surface area contributed by atoms with Gasteiger partial charge in [-0.1, -0.05) is 19.3 Å². The number of hydrogen-bond acceptors (Lipinski definition) is 4. The van der Waals surface area contributed by atoms with Crippen molar-refractivity contribution in [2.24, 2.45) is 5.92 Å². The number of hydrogen-bond donors (Lipinski definition) is 1. The van der Waals surface area contributed by atoms with Crippen LogP contribution in [0.25, 0.3) is 0 Å². The standard InChI is InChI=1S/C24H30N4O3/c29-23(20-8-10-22(11-9-20)31-18-19-5-2-1-3-6-19)27-13-15-28(16-14-27)24(30)26-21-7-4-12-25-17-21/h4,7-12,17,19H,1-3,5-6,13-16,18H2,(H,26,30). The molecule has 1 aromatic carbocycles. The van der Waals surface area contributed by atoms with E-state index in [4.69, 9.17) is 4.74 Å². The highest BCUT2D eigenvalue weighted by atomic mass is 16.5. The van der Waals surface area contributed by atoms with E-state index in [0.29, 0.717) is 43.3 Å². The topological polar surface area (TPSA) is 74.8 Å². The van der Waals surface area contributed by atoms with Crippen LogP contribution in [0.5, 0.6) is 5.75 Å². The molecule has 31 heavy (non-hydrogen) atoms. The normalized spacial score (nSPS) is 17.3. The molecular weight excluding hydrogens is 392 g/mol. The van der Waals surface area contributed by atoms with Crippen molar-refractivity contribution < 1.29 is 14.3 Å². The summed E-state index contributed by atoms with van der Waals surface area (Å²) in [6.45, 7) is 2.79. The van der Waals surface area contributed by atoms with Crippen LogP contribution in [0.1, 0.15) is 42.5 Å². The maximum Gasteiger partial charge on any atom is 0.322 e. The number of nitrogens with zero attached hydrogens (tertiary/aromatic N) is 3. The highest BCUT2D eigenvalue weighted by Crippen LogP contribution is 2.25. The summed E-state index contributed by atoms with van der Waals surface area (Å²) in [5.41, 5.74) is 1.31. The summed E-state index contributed by atoms with van der Waals surface area (Å²) in [5.74, 6) is 1.46. The number of anilines is 1. The van der Waals surface area contributed by atoms with Crippen LogP contribution in [0, 0.1) is 5.92 Å². The second kappa shape index (κ2) is 10.3. The first kappa shape index (κ1) is 21.2. The molecule has 1 aromatic heterocycles. The summed E-state index contributed by atoms with van der Waals surface area (Å²) in [4.78, 5) is 32.8. The van der Waals surface area contributed by atoms with E-state index in [2.05, 4.69) is 10.3 Å². The minimum atomic E-state index is -0.167. The Morgan fingerprint density at radius 1 is 0.968 bits per heavy atom. The average molecular weight is 423 g/mol. The summed E-state index contributed by atoms with van der Waals surface area (Å²) >= 11 is 0. The molecule has 0 bridgehead atoms. The zero-order valence-corrected chi connectivity index (χ0v) is 17.8. The van der Waals surface area contributed by atoms with Crippen LogP contribution in [0.3, 0.4) is 0 Å². The molecule has 4 rings (SSSR count). The zero-order chi connectivity index (χ0) is 21.5. The Kier molecular flexibility index (Phi) is 7.02. The molecule has 1 saturated heterocycles. The van der Waals surface area contributed by atoms with Gasteiger partial charge in [-0.05, 0) is 55.2 Å². The first-order valence-electron chi connectivity index (χ1n) is 11.2. The van der Waals surface area contributed by atoms with Gasteiger partial charge in [0.25, 0.3) is 5.91 Å². The minimum Gasteiger partial charge on any atom is -0.493 e. The summed E-state index contributed by atoms with van der Waals surface area (Å²) in [6.07, 6.45) is 9.73. The third-order valence-electron chi connectivity index (χ3n) is 6.08. The van der Waals surface area contributed by atoms with Crippen molar-refractivity contribution >= 4 is 17.6 Å². The lowest BCUT2D eigenvalue weighted by atomic mass is 9.90. The second-order valence-corrected chi connectivity index (χ2v) is 8.29. The molecule has 3 amide bonds. The fourth-order valence-electron chi connectivity index (χ4n) is 4.20. The second-order valence-electron chi connectivity index (χ2n) is 8.29. The molecule has 0 atom stereocenters. The molecule has 0 spiro atoms. The van der Waals surface area contributed by atoms with Crippen molar-refractivity contribution in [3.8, 4) is 5.75 Å². The molecular formula is C24H30N4O3. The number of rotatable bonds is 5. The fourth-order valence-corrected chi connectivity index (χ4v) is 4.20. The number of carbonyl (C=O) groups excluding carboxylic acids is 2. The van der Waals surface area contributed by atoms with Gasteiger partial charge in [-0.25, -0.2) is 4.79 Å². The van der Waals surface area contributed by atoms with Crippen molar-refractivity contribution in [2.75, 3.05) is 38.1 Å². The van der Waals surface area contributed by atoms with Crippen LogP contribution < -0.4 is 10.1 Å². The van der Waals surface area contributed by atoms with Gasteiger partial charge >= 0.3 is 6.03 Å². The monoisotopic (exact) mass is 422 g/mol. The molecule has 1 N–H and O–H groups in total. The fraction of sp³-hybridized carbons (Fsp3) is 0.458. The number of amides is 3. The Balaban J connectivity index is 1.24. The van der Waals surface area contributed by atoms with Crippen molar-refractivity contribution in [2.45, 2.75) is 32.1 Å². The number of ether oxygens (including phenoxy) is 1. The van der Waals surface area contributed by atoms with E-state index in [1.807, 2.05) is 24.3 Å². The van der Waals surface area contributed by atoms with Crippen LogP contribution >= 0.6 is 0 Å². The van der Waals surface area contributed by atoms with Crippen LogP contribution in [-0.4, -0.2) is 59.5 Å². The molecule has 1 aliphatic heterocycles. The highest BCUT2D eigenvalue weighted by Gasteiger charge is 2.25. The van der Waals surface area contributed by atoms with Crippen LogP contribution in [0.2, 0.25) is 0 Å². The summed E-state index contributed by atoms with van der Waals surface area (Å²) in [5, 5.41) is 2.84. The van der Waals surface area contributed by atoms with Crippen molar-refractivity contribution in [3.05, 3.63) is 54.4 Å².